The zero-order valence-corrected chi connectivity index (χ0v) is 13.3. The van der Waals surface area contributed by atoms with E-state index in [9.17, 15) is 0 Å². The van der Waals surface area contributed by atoms with Crippen LogP contribution in [0.4, 0.5) is 0 Å². The monoisotopic (exact) mass is 278 g/mol. The molecule has 2 rings (SSSR count). The van der Waals surface area contributed by atoms with Gasteiger partial charge in [0.1, 0.15) is 0 Å². The van der Waals surface area contributed by atoms with E-state index in [1.54, 1.807) is 0 Å². The fourth-order valence-electron chi connectivity index (χ4n) is 3.23. The van der Waals surface area contributed by atoms with Crippen molar-refractivity contribution in [3.63, 3.8) is 0 Å². The van der Waals surface area contributed by atoms with Gasteiger partial charge in [-0.1, -0.05) is 13.8 Å². The van der Waals surface area contributed by atoms with Crippen molar-refractivity contribution in [2.45, 2.75) is 64.6 Å². The second-order valence-corrected chi connectivity index (χ2v) is 6.18. The molecule has 0 amide bonds. The lowest BCUT2D eigenvalue weighted by Gasteiger charge is -2.37. The summed E-state index contributed by atoms with van der Waals surface area (Å²) in [5.74, 6) is 0. The maximum absolute atomic E-state index is 4.11. The summed E-state index contributed by atoms with van der Waals surface area (Å²) in [5.41, 5.74) is 0.319. The van der Waals surface area contributed by atoms with E-state index in [1.165, 1.54) is 38.8 Å². The van der Waals surface area contributed by atoms with Crippen LogP contribution in [0.3, 0.4) is 0 Å². The summed E-state index contributed by atoms with van der Waals surface area (Å²) in [6, 6.07) is 0.685. The summed E-state index contributed by atoms with van der Waals surface area (Å²) in [6.45, 7) is 11.6. The van der Waals surface area contributed by atoms with Gasteiger partial charge in [0.25, 0.3) is 0 Å². The lowest BCUT2D eigenvalue weighted by molar-refractivity contribution is 0.156. The highest BCUT2D eigenvalue weighted by molar-refractivity contribution is 4.93. The molecular formula is C16H30N4. The van der Waals surface area contributed by atoms with Gasteiger partial charge in [-0.2, -0.15) is 0 Å². The summed E-state index contributed by atoms with van der Waals surface area (Å²) in [6.07, 6.45) is 10.7. The van der Waals surface area contributed by atoms with E-state index in [1.807, 2.05) is 12.5 Å². The highest BCUT2D eigenvalue weighted by atomic mass is 15.2. The van der Waals surface area contributed by atoms with Gasteiger partial charge in [0, 0.05) is 43.6 Å². The molecule has 1 aliphatic heterocycles. The van der Waals surface area contributed by atoms with E-state index in [-0.39, 0.29) is 0 Å². The Hall–Kier alpha value is -0.870. The van der Waals surface area contributed by atoms with Crippen LogP contribution in [0.1, 0.15) is 46.5 Å². The van der Waals surface area contributed by atoms with Crippen LogP contribution in [0, 0.1) is 0 Å². The smallest absolute Gasteiger partial charge is 0.0945 e. The lowest BCUT2D eigenvalue weighted by Crippen LogP contribution is -2.51. The molecule has 0 saturated carbocycles. The fourth-order valence-corrected chi connectivity index (χ4v) is 3.23. The molecule has 1 aromatic heterocycles. The van der Waals surface area contributed by atoms with Crippen LogP contribution in [0.5, 0.6) is 0 Å². The van der Waals surface area contributed by atoms with E-state index >= 15 is 0 Å². The molecule has 0 spiro atoms. The van der Waals surface area contributed by atoms with Crippen molar-refractivity contribution in [3.05, 3.63) is 18.7 Å². The van der Waals surface area contributed by atoms with E-state index in [2.05, 4.69) is 46.7 Å². The molecule has 0 bridgehead atoms. The van der Waals surface area contributed by atoms with Crippen LogP contribution in [-0.2, 0) is 6.54 Å². The first-order chi connectivity index (χ1) is 9.69. The summed E-state index contributed by atoms with van der Waals surface area (Å²) in [4.78, 5) is 6.79. The number of aromatic nitrogens is 2. The normalized spacial score (nSPS) is 23.6. The van der Waals surface area contributed by atoms with Crippen molar-refractivity contribution in [1.29, 1.82) is 0 Å². The topological polar surface area (TPSA) is 33.1 Å². The molecule has 4 heteroatoms. The summed E-state index contributed by atoms with van der Waals surface area (Å²) in [5, 5.41) is 3.80. The number of rotatable bonds is 6. The second-order valence-electron chi connectivity index (χ2n) is 6.18. The van der Waals surface area contributed by atoms with Crippen LogP contribution in [0.15, 0.2) is 18.7 Å². The Morgan fingerprint density at radius 3 is 2.75 bits per heavy atom. The standard InChI is InChI=1S/C16H30N4/c1-4-16(5-2)13-20(15(3)7-8-18-16)11-6-10-19-12-9-17-14-19/h9,12,14-15,18H,4-8,10-11,13H2,1-3H3. The predicted molar refractivity (Wildman–Crippen MR) is 83.8 cm³/mol. The van der Waals surface area contributed by atoms with Gasteiger partial charge in [-0.3, -0.25) is 4.90 Å². The average Bonchev–Trinajstić information content (AvgIpc) is 2.92. The molecule has 1 atom stereocenters. The van der Waals surface area contributed by atoms with Crippen LogP contribution >= 0.6 is 0 Å². The first kappa shape index (κ1) is 15.5. The first-order valence-corrected chi connectivity index (χ1v) is 8.14. The highest BCUT2D eigenvalue weighted by Gasteiger charge is 2.32. The fraction of sp³-hybridized carbons (Fsp3) is 0.812. The first-order valence-electron chi connectivity index (χ1n) is 8.14. The van der Waals surface area contributed by atoms with Gasteiger partial charge in [-0.25, -0.2) is 4.98 Å². The third-order valence-electron chi connectivity index (χ3n) is 4.97. The molecule has 1 N–H and O–H groups in total. The van der Waals surface area contributed by atoms with Crippen LogP contribution in [0.2, 0.25) is 0 Å². The Morgan fingerprint density at radius 2 is 2.10 bits per heavy atom. The van der Waals surface area contributed by atoms with Gasteiger partial charge in [0.2, 0.25) is 0 Å². The van der Waals surface area contributed by atoms with E-state index < -0.39 is 0 Å². The van der Waals surface area contributed by atoms with Crippen molar-refractivity contribution in [2.75, 3.05) is 19.6 Å². The largest absolute Gasteiger partial charge is 0.337 e. The van der Waals surface area contributed by atoms with Crippen LogP contribution < -0.4 is 5.32 Å². The van der Waals surface area contributed by atoms with Crippen molar-refractivity contribution < 1.29 is 0 Å². The molecule has 0 radical (unpaired) electrons. The Labute approximate surface area is 123 Å². The van der Waals surface area contributed by atoms with E-state index in [0.717, 1.165) is 13.1 Å². The Kier molecular flexibility index (Phi) is 5.61. The minimum Gasteiger partial charge on any atom is -0.337 e. The quantitative estimate of drug-likeness (QED) is 0.868. The van der Waals surface area contributed by atoms with Gasteiger partial charge < -0.3 is 9.88 Å². The number of nitrogens with one attached hydrogen (secondary N) is 1. The van der Waals surface area contributed by atoms with Gasteiger partial charge >= 0.3 is 0 Å². The second kappa shape index (κ2) is 7.23. The number of aryl methyl sites for hydroxylation is 1. The average molecular weight is 278 g/mol. The number of nitrogens with zero attached hydrogens (tertiary/aromatic N) is 3. The van der Waals surface area contributed by atoms with Crippen molar-refractivity contribution in [3.8, 4) is 0 Å². The summed E-state index contributed by atoms with van der Waals surface area (Å²) in [7, 11) is 0. The Bertz CT molecular complexity index is 370. The minimum absolute atomic E-state index is 0.319. The van der Waals surface area contributed by atoms with Crippen LogP contribution in [0.25, 0.3) is 0 Å². The SMILES string of the molecule is CCC1(CC)CN(CCCn2ccnc2)C(C)CCN1. The molecule has 20 heavy (non-hydrogen) atoms. The van der Waals surface area contributed by atoms with Crippen molar-refractivity contribution >= 4 is 0 Å². The van der Waals surface area contributed by atoms with Gasteiger partial charge in [0.15, 0.2) is 0 Å². The number of hydrogen-bond acceptors (Lipinski definition) is 3. The minimum atomic E-state index is 0.319. The van der Waals surface area contributed by atoms with Crippen molar-refractivity contribution in [2.24, 2.45) is 0 Å². The molecule has 1 unspecified atom stereocenters. The molecule has 114 valence electrons. The highest BCUT2D eigenvalue weighted by Crippen LogP contribution is 2.22. The van der Waals surface area contributed by atoms with Crippen molar-refractivity contribution in [1.82, 2.24) is 19.8 Å². The maximum Gasteiger partial charge on any atom is 0.0945 e. The van der Waals surface area contributed by atoms with E-state index in [0.29, 0.717) is 11.6 Å². The van der Waals surface area contributed by atoms with Gasteiger partial charge in [-0.15, -0.1) is 0 Å². The zero-order chi connectivity index (χ0) is 14.4. The molecule has 0 aromatic carbocycles. The zero-order valence-electron chi connectivity index (χ0n) is 13.3. The lowest BCUT2D eigenvalue weighted by atomic mass is 9.92. The molecule has 1 aromatic rings. The molecule has 0 aliphatic carbocycles. The Morgan fingerprint density at radius 1 is 1.30 bits per heavy atom. The molecule has 4 nitrogen and oxygen atoms in total. The van der Waals surface area contributed by atoms with E-state index in [4.69, 9.17) is 0 Å². The maximum atomic E-state index is 4.11. The van der Waals surface area contributed by atoms with Gasteiger partial charge in [0.05, 0.1) is 6.33 Å². The predicted octanol–water partition coefficient (Wildman–Crippen LogP) is 2.52. The summed E-state index contributed by atoms with van der Waals surface area (Å²) >= 11 is 0. The molecule has 2 heterocycles. The summed E-state index contributed by atoms with van der Waals surface area (Å²) < 4.78 is 2.17. The van der Waals surface area contributed by atoms with Crippen LogP contribution in [-0.4, -0.2) is 45.7 Å². The molecule has 1 fully saturated rings. The molecular weight excluding hydrogens is 248 g/mol. The Balaban J connectivity index is 1.89. The third-order valence-corrected chi connectivity index (χ3v) is 4.97. The van der Waals surface area contributed by atoms with Gasteiger partial charge in [-0.05, 0) is 39.2 Å². The third kappa shape index (κ3) is 3.83. The molecule has 1 saturated heterocycles. The molecule has 1 aliphatic rings. The number of hydrogen-bond donors (Lipinski definition) is 1. The number of imidazole rings is 1.